The van der Waals surface area contributed by atoms with Crippen molar-refractivity contribution in [2.24, 2.45) is 4.99 Å². The molecule has 5 nitrogen and oxygen atoms in total. The number of unbranched alkanes of at least 4 members (excludes halogenated alkanes) is 1. The highest BCUT2D eigenvalue weighted by molar-refractivity contribution is 14.0. The molecule has 0 unspecified atom stereocenters. The summed E-state index contributed by atoms with van der Waals surface area (Å²) in [7, 11) is 3.48. The Morgan fingerprint density at radius 3 is 2.43 bits per heavy atom. The lowest BCUT2D eigenvalue weighted by molar-refractivity contribution is 0.0689. The Morgan fingerprint density at radius 2 is 1.74 bits per heavy atom. The highest BCUT2D eigenvalue weighted by atomic mass is 127. The van der Waals surface area contributed by atoms with Crippen molar-refractivity contribution >= 4 is 29.9 Å². The van der Waals surface area contributed by atoms with Crippen molar-refractivity contribution in [1.29, 1.82) is 0 Å². The van der Waals surface area contributed by atoms with Gasteiger partial charge in [0, 0.05) is 33.9 Å². The SMILES string of the molecule is CN=C(NCCCCOCCOC)NCCc1ccccc1.I. The number of aliphatic imine (C=N–C) groups is 1. The van der Waals surface area contributed by atoms with E-state index in [0.717, 1.165) is 44.9 Å². The van der Waals surface area contributed by atoms with E-state index in [0.29, 0.717) is 13.2 Å². The summed E-state index contributed by atoms with van der Waals surface area (Å²) >= 11 is 0. The van der Waals surface area contributed by atoms with Crippen LogP contribution in [0.4, 0.5) is 0 Å². The molecule has 0 spiro atoms. The minimum absolute atomic E-state index is 0. The van der Waals surface area contributed by atoms with Crippen molar-refractivity contribution in [1.82, 2.24) is 10.6 Å². The molecule has 0 heterocycles. The molecule has 0 amide bonds. The minimum atomic E-state index is 0. The topological polar surface area (TPSA) is 54.9 Å². The van der Waals surface area contributed by atoms with E-state index in [4.69, 9.17) is 9.47 Å². The third-order valence-corrected chi connectivity index (χ3v) is 3.21. The van der Waals surface area contributed by atoms with Gasteiger partial charge in [-0.25, -0.2) is 0 Å². The quantitative estimate of drug-likeness (QED) is 0.243. The molecule has 0 saturated heterocycles. The lowest BCUT2D eigenvalue weighted by Crippen LogP contribution is -2.38. The van der Waals surface area contributed by atoms with Crippen molar-refractivity contribution in [3.8, 4) is 0 Å². The molecule has 2 N–H and O–H groups in total. The molecule has 0 bridgehead atoms. The fraction of sp³-hybridized carbons (Fsp3) is 0.588. The number of ether oxygens (including phenoxy) is 2. The summed E-state index contributed by atoms with van der Waals surface area (Å²) in [5, 5.41) is 6.64. The molecule has 0 aliphatic rings. The van der Waals surface area contributed by atoms with Crippen LogP contribution in [-0.2, 0) is 15.9 Å². The maximum atomic E-state index is 5.42. The molecule has 1 rings (SSSR count). The molecule has 0 aliphatic carbocycles. The standard InChI is InChI=1S/C17H29N3O2.HI/c1-18-17(19-11-6-7-13-22-15-14-21-2)20-12-10-16-8-4-3-5-9-16;/h3-5,8-9H,6-7,10-15H2,1-2H3,(H2,18,19,20);1H. The number of nitrogens with one attached hydrogen (secondary N) is 2. The molecule has 1 aromatic carbocycles. The van der Waals surface area contributed by atoms with Crippen LogP contribution in [0.25, 0.3) is 0 Å². The second-order valence-electron chi connectivity index (χ2n) is 4.97. The second kappa shape index (κ2) is 16.0. The zero-order valence-corrected chi connectivity index (χ0v) is 16.5. The van der Waals surface area contributed by atoms with Crippen molar-refractivity contribution in [3.05, 3.63) is 35.9 Å². The Labute approximate surface area is 157 Å². The van der Waals surface area contributed by atoms with E-state index in [1.54, 1.807) is 14.2 Å². The molecule has 0 aromatic heterocycles. The molecule has 0 atom stereocenters. The van der Waals surface area contributed by atoms with Gasteiger partial charge in [0.1, 0.15) is 0 Å². The number of hydrogen-bond donors (Lipinski definition) is 2. The number of halogens is 1. The second-order valence-corrected chi connectivity index (χ2v) is 4.97. The zero-order valence-electron chi connectivity index (χ0n) is 14.2. The van der Waals surface area contributed by atoms with Gasteiger partial charge in [-0.2, -0.15) is 0 Å². The number of methoxy groups -OCH3 is 1. The predicted octanol–water partition coefficient (Wildman–Crippen LogP) is 2.46. The maximum absolute atomic E-state index is 5.42. The Balaban J connectivity index is 0.00000484. The maximum Gasteiger partial charge on any atom is 0.190 e. The summed E-state index contributed by atoms with van der Waals surface area (Å²) < 4.78 is 10.3. The van der Waals surface area contributed by atoms with Gasteiger partial charge in [0.15, 0.2) is 5.96 Å². The number of nitrogens with zero attached hydrogens (tertiary/aromatic N) is 1. The first-order valence-electron chi connectivity index (χ1n) is 7.92. The Kier molecular flexibility index (Phi) is 15.4. The summed E-state index contributed by atoms with van der Waals surface area (Å²) in [6.45, 7) is 3.90. The van der Waals surface area contributed by atoms with Gasteiger partial charge in [0.05, 0.1) is 13.2 Å². The van der Waals surface area contributed by atoms with Gasteiger partial charge in [-0.3, -0.25) is 4.99 Å². The molecule has 132 valence electrons. The summed E-state index contributed by atoms with van der Waals surface area (Å²) in [5.41, 5.74) is 1.33. The highest BCUT2D eigenvalue weighted by Crippen LogP contribution is 1.98. The summed E-state index contributed by atoms with van der Waals surface area (Å²) in [4.78, 5) is 4.22. The van der Waals surface area contributed by atoms with Gasteiger partial charge in [-0.1, -0.05) is 30.3 Å². The van der Waals surface area contributed by atoms with Crippen LogP contribution < -0.4 is 10.6 Å². The highest BCUT2D eigenvalue weighted by Gasteiger charge is 1.97. The van der Waals surface area contributed by atoms with Crippen LogP contribution in [0.15, 0.2) is 35.3 Å². The number of hydrogen-bond acceptors (Lipinski definition) is 3. The van der Waals surface area contributed by atoms with Gasteiger partial charge >= 0.3 is 0 Å². The van der Waals surface area contributed by atoms with E-state index in [-0.39, 0.29) is 24.0 Å². The molecule has 1 aromatic rings. The average Bonchev–Trinajstić information content (AvgIpc) is 2.56. The first-order valence-corrected chi connectivity index (χ1v) is 7.92. The molecular weight excluding hydrogens is 405 g/mol. The fourth-order valence-electron chi connectivity index (χ4n) is 1.97. The molecule has 0 saturated carbocycles. The van der Waals surface area contributed by atoms with Crippen LogP contribution in [0, 0.1) is 0 Å². The van der Waals surface area contributed by atoms with Crippen LogP contribution in [0.1, 0.15) is 18.4 Å². The third kappa shape index (κ3) is 12.3. The predicted molar refractivity (Wildman–Crippen MR) is 107 cm³/mol. The fourth-order valence-corrected chi connectivity index (χ4v) is 1.97. The number of rotatable bonds is 11. The Morgan fingerprint density at radius 1 is 1.00 bits per heavy atom. The van der Waals surface area contributed by atoms with Crippen LogP contribution in [0.2, 0.25) is 0 Å². The van der Waals surface area contributed by atoms with Crippen LogP contribution in [0.5, 0.6) is 0 Å². The zero-order chi connectivity index (χ0) is 15.9. The van der Waals surface area contributed by atoms with Crippen molar-refractivity contribution < 1.29 is 9.47 Å². The third-order valence-electron chi connectivity index (χ3n) is 3.21. The largest absolute Gasteiger partial charge is 0.382 e. The van der Waals surface area contributed by atoms with Gasteiger partial charge in [0.25, 0.3) is 0 Å². The van der Waals surface area contributed by atoms with Gasteiger partial charge in [0.2, 0.25) is 0 Å². The van der Waals surface area contributed by atoms with E-state index in [2.05, 4.69) is 39.9 Å². The van der Waals surface area contributed by atoms with E-state index < -0.39 is 0 Å². The lowest BCUT2D eigenvalue weighted by atomic mass is 10.1. The first-order chi connectivity index (χ1) is 10.9. The molecule has 0 fully saturated rings. The van der Waals surface area contributed by atoms with Gasteiger partial charge < -0.3 is 20.1 Å². The molecule has 6 heteroatoms. The molecule has 0 aliphatic heterocycles. The Hall–Kier alpha value is -0.860. The van der Waals surface area contributed by atoms with Crippen molar-refractivity contribution in [3.63, 3.8) is 0 Å². The van der Waals surface area contributed by atoms with Crippen molar-refractivity contribution in [2.45, 2.75) is 19.3 Å². The normalized spacial score (nSPS) is 11.0. The summed E-state index contributed by atoms with van der Waals surface area (Å²) in [6.07, 6.45) is 3.10. The van der Waals surface area contributed by atoms with E-state index in [1.165, 1.54) is 5.56 Å². The Bertz CT molecular complexity index is 402. The van der Waals surface area contributed by atoms with E-state index in [1.807, 2.05) is 6.07 Å². The van der Waals surface area contributed by atoms with Crippen LogP contribution in [0.3, 0.4) is 0 Å². The van der Waals surface area contributed by atoms with Crippen LogP contribution >= 0.6 is 24.0 Å². The van der Waals surface area contributed by atoms with Gasteiger partial charge in [-0.05, 0) is 24.8 Å². The van der Waals surface area contributed by atoms with Crippen molar-refractivity contribution in [2.75, 3.05) is 47.1 Å². The van der Waals surface area contributed by atoms with E-state index in [9.17, 15) is 0 Å². The van der Waals surface area contributed by atoms with Gasteiger partial charge in [-0.15, -0.1) is 24.0 Å². The molecule has 23 heavy (non-hydrogen) atoms. The van der Waals surface area contributed by atoms with Crippen LogP contribution in [-0.4, -0.2) is 53.0 Å². The minimum Gasteiger partial charge on any atom is -0.382 e. The smallest absolute Gasteiger partial charge is 0.190 e. The average molecular weight is 435 g/mol. The molecule has 0 radical (unpaired) electrons. The number of guanidine groups is 1. The molecular formula is C17H30IN3O2. The lowest BCUT2D eigenvalue weighted by Gasteiger charge is -2.12. The number of benzene rings is 1. The summed E-state index contributed by atoms with van der Waals surface area (Å²) in [6, 6.07) is 10.5. The van der Waals surface area contributed by atoms with E-state index >= 15 is 0 Å². The first kappa shape index (κ1) is 22.1. The summed E-state index contributed by atoms with van der Waals surface area (Å²) in [5.74, 6) is 0.858. The monoisotopic (exact) mass is 435 g/mol.